The first-order valence-electron chi connectivity index (χ1n) is 31.0. The summed E-state index contributed by atoms with van der Waals surface area (Å²) in [7, 11) is 0. The van der Waals surface area contributed by atoms with E-state index >= 15 is 0 Å². The molecule has 0 bridgehead atoms. The topological polar surface area (TPSA) is 78.9 Å². The van der Waals surface area contributed by atoms with Gasteiger partial charge in [0, 0.05) is 19.3 Å². The van der Waals surface area contributed by atoms with E-state index in [-0.39, 0.29) is 37.5 Å². The quantitative estimate of drug-likeness (QED) is 0.0261. The van der Waals surface area contributed by atoms with Gasteiger partial charge in [0.2, 0.25) is 0 Å². The first-order chi connectivity index (χ1) is 37.0. The minimum atomic E-state index is -0.806. The summed E-state index contributed by atoms with van der Waals surface area (Å²) in [5.74, 6) is -0.968. The van der Waals surface area contributed by atoms with Crippen LogP contribution in [0.5, 0.6) is 0 Å². The number of carbonyl (C=O) groups is 3. The van der Waals surface area contributed by atoms with Crippen molar-refractivity contribution >= 4 is 17.9 Å². The third-order valence-electron chi connectivity index (χ3n) is 13.0. The van der Waals surface area contributed by atoms with Gasteiger partial charge < -0.3 is 14.2 Å². The third kappa shape index (κ3) is 60.6. The molecular weight excluding hydrogens is 925 g/mol. The van der Waals surface area contributed by atoms with Gasteiger partial charge in [0.25, 0.3) is 0 Å². The molecule has 0 aromatic heterocycles. The van der Waals surface area contributed by atoms with Crippen LogP contribution in [0.25, 0.3) is 0 Å². The van der Waals surface area contributed by atoms with Crippen LogP contribution in [-0.4, -0.2) is 37.2 Å². The fraction of sp³-hybridized carbons (Fsp3) is 0.667. The number of unbranched alkanes of at least 4 members (excludes halogenated alkanes) is 24. The molecule has 1 unspecified atom stereocenters. The van der Waals surface area contributed by atoms with Gasteiger partial charge in [-0.3, -0.25) is 14.4 Å². The SMILES string of the molecule is CC/C=C\C/C=C\C/C=C\C/C=C\C/C=C\C/C=C\C/C=C\C/C=C\C/C=C\CCCC(=O)OCC(COC(=O)CCCCCCC/C=C\CCCC)OC(=O)CCCCCCCCCCCCCCCCCCC. The summed E-state index contributed by atoms with van der Waals surface area (Å²) in [6, 6.07) is 0. The molecular formula is C69H114O6. The number of allylic oxidation sites excluding steroid dienone is 20. The van der Waals surface area contributed by atoms with Crippen molar-refractivity contribution in [3.63, 3.8) is 0 Å². The molecule has 0 amide bonds. The van der Waals surface area contributed by atoms with E-state index in [2.05, 4.69) is 142 Å². The third-order valence-corrected chi connectivity index (χ3v) is 13.0. The van der Waals surface area contributed by atoms with Crippen molar-refractivity contribution in [2.24, 2.45) is 0 Å². The Hall–Kier alpha value is -4.19. The maximum Gasteiger partial charge on any atom is 0.306 e. The monoisotopic (exact) mass is 1040 g/mol. The molecule has 0 rings (SSSR count). The van der Waals surface area contributed by atoms with E-state index in [1.807, 2.05) is 0 Å². The highest BCUT2D eigenvalue weighted by Crippen LogP contribution is 2.16. The number of hydrogen-bond donors (Lipinski definition) is 0. The largest absolute Gasteiger partial charge is 0.462 e. The van der Waals surface area contributed by atoms with E-state index in [0.29, 0.717) is 19.3 Å². The summed E-state index contributed by atoms with van der Waals surface area (Å²) in [6.45, 7) is 6.44. The average Bonchev–Trinajstić information content (AvgIpc) is 3.41. The molecule has 0 saturated carbocycles. The maximum atomic E-state index is 12.9. The number of hydrogen-bond acceptors (Lipinski definition) is 6. The molecule has 0 aromatic rings. The van der Waals surface area contributed by atoms with Crippen molar-refractivity contribution in [2.45, 2.75) is 284 Å². The van der Waals surface area contributed by atoms with E-state index < -0.39 is 6.10 Å². The molecule has 0 aliphatic rings. The van der Waals surface area contributed by atoms with E-state index in [1.165, 1.54) is 116 Å². The number of rotatable bonds is 55. The lowest BCUT2D eigenvalue weighted by molar-refractivity contribution is -0.167. The Morgan fingerprint density at radius 1 is 0.280 bits per heavy atom. The van der Waals surface area contributed by atoms with Crippen LogP contribution in [0.2, 0.25) is 0 Å². The zero-order valence-electron chi connectivity index (χ0n) is 48.8. The molecule has 6 nitrogen and oxygen atoms in total. The highest BCUT2D eigenvalue weighted by Gasteiger charge is 2.19. The molecule has 426 valence electrons. The standard InChI is InChI=1S/C69H114O6/c1-4-7-10-13-16-19-22-24-26-28-29-30-31-32-33-34-35-36-37-38-39-41-42-44-47-50-53-56-59-62-68(71)74-65-66(64-73-67(70)61-58-55-52-49-46-21-18-15-12-9-6-3)75-69(72)63-60-57-54-51-48-45-43-40-27-25-23-20-17-14-11-8-5-2/h7,10,15-16,18-19,24,26,29-30,32-33,35-36,38-39,42,44,50,53,66H,4-6,8-9,11-14,17,20-23,25,27-28,31,34,37,40-41,43,45-49,51-52,54-65H2,1-3H3/b10-7-,18-15-,19-16-,26-24-,30-29-,33-32-,36-35-,39-38-,44-42-,53-50-. The molecule has 0 aliphatic heterocycles. The van der Waals surface area contributed by atoms with Gasteiger partial charge in [0.05, 0.1) is 0 Å². The van der Waals surface area contributed by atoms with Crippen molar-refractivity contribution in [2.75, 3.05) is 13.2 Å². The highest BCUT2D eigenvalue weighted by atomic mass is 16.6. The van der Waals surface area contributed by atoms with Crippen molar-refractivity contribution in [3.8, 4) is 0 Å². The second-order valence-corrected chi connectivity index (χ2v) is 20.2. The van der Waals surface area contributed by atoms with Crippen LogP contribution < -0.4 is 0 Å². The first-order valence-corrected chi connectivity index (χ1v) is 31.0. The van der Waals surface area contributed by atoms with Crippen LogP contribution in [0, 0.1) is 0 Å². The lowest BCUT2D eigenvalue weighted by Gasteiger charge is -2.18. The molecule has 75 heavy (non-hydrogen) atoms. The summed E-state index contributed by atoms with van der Waals surface area (Å²) in [5, 5.41) is 0. The first kappa shape index (κ1) is 70.8. The summed E-state index contributed by atoms with van der Waals surface area (Å²) in [4.78, 5) is 38.2. The number of esters is 3. The normalized spacial score (nSPS) is 12.9. The predicted octanol–water partition coefficient (Wildman–Crippen LogP) is 21.2. The molecule has 0 fully saturated rings. The zero-order chi connectivity index (χ0) is 54.3. The Bertz CT molecular complexity index is 1570. The lowest BCUT2D eigenvalue weighted by Crippen LogP contribution is -2.30. The highest BCUT2D eigenvalue weighted by molar-refractivity contribution is 5.71. The molecule has 6 heteroatoms. The van der Waals surface area contributed by atoms with Gasteiger partial charge in [-0.25, -0.2) is 0 Å². The number of carbonyl (C=O) groups excluding carboxylic acids is 3. The molecule has 1 atom stereocenters. The van der Waals surface area contributed by atoms with Gasteiger partial charge in [-0.2, -0.15) is 0 Å². The fourth-order valence-electron chi connectivity index (χ4n) is 8.31. The van der Waals surface area contributed by atoms with Crippen LogP contribution in [0.15, 0.2) is 122 Å². The van der Waals surface area contributed by atoms with Gasteiger partial charge in [0.15, 0.2) is 6.10 Å². The molecule has 0 saturated heterocycles. The average molecular weight is 1040 g/mol. The van der Waals surface area contributed by atoms with Crippen molar-refractivity contribution in [3.05, 3.63) is 122 Å². The van der Waals surface area contributed by atoms with Crippen LogP contribution in [0.3, 0.4) is 0 Å². The maximum absolute atomic E-state index is 12.9. The van der Waals surface area contributed by atoms with Crippen molar-refractivity contribution in [1.82, 2.24) is 0 Å². The van der Waals surface area contributed by atoms with Crippen molar-refractivity contribution < 1.29 is 28.6 Å². The van der Waals surface area contributed by atoms with Gasteiger partial charge in [-0.05, 0) is 103 Å². The minimum Gasteiger partial charge on any atom is -0.462 e. The Morgan fingerprint density at radius 2 is 0.547 bits per heavy atom. The zero-order valence-corrected chi connectivity index (χ0v) is 48.8. The van der Waals surface area contributed by atoms with Gasteiger partial charge >= 0.3 is 17.9 Å². The number of ether oxygens (including phenoxy) is 3. The Morgan fingerprint density at radius 3 is 0.920 bits per heavy atom. The minimum absolute atomic E-state index is 0.100. The molecule has 0 N–H and O–H groups in total. The Labute approximate surface area is 462 Å². The molecule has 0 spiro atoms. The van der Waals surface area contributed by atoms with E-state index in [1.54, 1.807) is 0 Å². The van der Waals surface area contributed by atoms with Gasteiger partial charge in [-0.1, -0.05) is 277 Å². The Kier molecular flexibility index (Phi) is 58.9. The molecule has 0 aliphatic carbocycles. The van der Waals surface area contributed by atoms with E-state index in [0.717, 1.165) is 116 Å². The second-order valence-electron chi connectivity index (χ2n) is 20.2. The molecule has 0 aromatic carbocycles. The predicted molar refractivity (Wildman–Crippen MR) is 325 cm³/mol. The van der Waals surface area contributed by atoms with Gasteiger partial charge in [-0.15, -0.1) is 0 Å². The summed E-state index contributed by atoms with van der Waals surface area (Å²) in [6.07, 6.45) is 86.4. The second kappa shape index (κ2) is 62.4. The van der Waals surface area contributed by atoms with Crippen molar-refractivity contribution in [1.29, 1.82) is 0 Å². The molecule has 0 heterocycles. The summed E-state index contributed by atoms with van der Waals surface area (Å²) < 4.78 is 16.8. The smallest absolute Gasteiger partial charge is 0.306 e. The summed E-state index contributed by atoms with van der Waals surface area (Å²) >= 11 is 0. The van der Waals surface area contributed by atoms with E-state index in [4.69, 9.17) is 14.2 Å². The van der Waals surface area contributed by atoms with Crippen LogP contribution in [0.1, 0.15) is 278 Å². The van der Waals surface area contributed by atoms with Crippen LogP contribution >= 0.6 is 0 Å². The van der Waals surface area contributed by atoms with Crippen LogP contribution in [-0.2, 0) is 28.6 Å². The van der Waals surface area contributed by atoms with E-state index in [9.17, 15) is 14.4 Å². The van der Waals surface area contributed by atoms with Crippen LogP contribution in [0.4, 0.5) is 0 Å². The van der Waals surface area contributed by atoms with Gasteiger partial charge in [0.1, 0.15) is 13.2 Å². The molecule has 0 radical (unpaired) electrons. The summed E-state index contributed by atoms with van der Waals surface area (Å²) in [5.41, 5.74) is 0. The fourth-order valence-corrected chi connectivity index (χ4v) is 8.31. The lowest BCUT2D eigenvalue weighted by atomic mass is 10.0. The Balaban J connectivity index is 4.39.